The molecule has 0 saturated heterocycles. The van der Waals surface area contributed by atoms with Gasteiger partial charge in [-0.05, 0) is 49.7 Å². The van der Waals surface area contributed by atoms with Crippen molar-refractivity contribution in [2.24, 2.45) is 11.8 Å². The Bertz CT molecular complexity index is 464. The fourth-order valence-corrected chi connectivity index (χ4v) is 3.50. The first kappa shape index (κ1) is 12.5. The fourth-order valence-electron chi connectivity index (χ4n) is 3.50. The zero-order valence-electron chi connectivity index (χ0n) is 11.2. The lowest BCUT2D eigenvalue weighted by Crippen LogP contribution is -2.31. The van der Waals surface area contributed by atoms with E-state index in [0.29, 0.717) is 5.92 Å². The molecule has 1 fully saturated rings. The molecule has 3 heteroatoms. The fraction of sp³-hybridized carbons (Fsp3) is 0.562. The molecule has 0 radical (unpaired) electrons. The van der Waals surface area contributed by atoms with Crippen LogP contribution in [0.15, 0.2) is 24.3 Å². The summed E-state index contributed by atoms with van der Waals surface area (Å²) in [5.41, 5.74) is 2.85. The van der Waals surface area contributed by atoms with E-state index in [1.807, 2.05) is 0 Å². The lowest BCUT2D eigenvalue weighted by atomic mass is 9.82. The maximum absolute atomic E-state index is 11.0. The summed E-state index contributed by atoms with van der Waals surface area (Å²) >= 11 is 0. The largest absolute Gasteiger partial charge is 0.481 e. The predicted octanol–water partition coefficient (Wildman–Crippen LogP) is 2.94. The second kappa shape index (κ2) is 5.24. The van der Waals surface area contributed by atoms with Gasteiger partial charge in [-0.3, -0.25) is 4.79 Å². The minimum Gasteiger partial charge on any atom is -0.481 e. The van der Waals surface area contributed by atoms with Crippen LogP contribution in [0.3, 0.4) is 0 Å². The molecule has 102 valence electrons. The van der Waals surface area contributed by atoms with Gasteiger partial charge >= 0.3 is 5.97 Å². The highest BCUT2D eigenvalue weighted by molar-refractivity contribution is 5.70. The van der Waals surface area contributed by atoms with Crippen LogP contribution in [0.2, 0.25) is 0 Å². The number of hydrogen-bond donors (Lipinski definition) is 1. The molecule has 1 aliphatic heterocycles. The number of carboxylic acid groups (broad SMARTS) is 1. The van der Waals surface area contributed by atoms with E-state index < -0.39 is 5.97 Å². The van der Waals surface area contributed by atoms with Gasteiger partial charge in [0.2, 0.25) is 0 Å². The number of para-hydroxylation sites is 1. The molecule has 3 rings (SSSR count). The van der Waals surface area contributed by atoms with E-state index in [4.69, 9.17) is 5.11 Å². The van der Waals surface area contributed by atoms with Crippen LogP contribution in [0.25, 0.3) is 0 Å². The molecule has 1 heterocycles. The zero-order chi connectivity index (χ0) is 13.2. The third-order valence-corrected chi connectivity index (χ3v) is 4.66. The smallest absolute Gasteiger partial charge is 0.306 e. The summed E-state index contributed by atoms with van der Waals surface area (Å²) in [7, 11) is 0. The van der Waals surface area contributed by atoms with E-state index in [1.54, 1.807) is 0 Å². The first-order valence-electron chi connectivity index (χ1n) is 7.29. The van der Waals surface area contributed by atoms with Gasteiger partial charge in [-0.1, -0.05) is 18.2 Å². The van der Waals surface area contributed by atoms with E-state index in [1.165, 1.54) is 11.3 Å². The third kappa shape index (κ3) is 2.60. The van der Waals surface area contributed by atoms with Gasteiger partial charge in [0.15, 0.2) is 0 Å². The van der Waals surface area contributed by atoms with E-state index in [9.17, 15) is 4.79 Å². The quantitative estimate of drug-likeness (QED) is 0.907. The minimum absolute atomic E-state index is 0.0953. The van der Waals surface area contributed by atoms with E-state index in [-0.39, 0.29) is 5.92 Å². The summed E-state index contributed by atoms with van der Waals surface area (Å²) in [4.78, 5) is 13.4. The summed E-state index contributed by atoms with van der Waals surface area (Å²) in [6.45, 7) is 2.22. The van der Waals surface area contributed by atoms with Crippen molar-refractivity contribution < 1.29 is 9.90 Å². The molecule has 19 heavy (non-hydrogen) atoms. The molecule has 1 aromatic rings. The number of rotatable bonds is 3. The van der Waals surface area contributed by atoms with Crippen molar-refractivity contribution in [3.63, 3.8) is 0 Å². The lowest BCUT2D eigenvalue weighted by Gasteiger charge is -2.30. The summed E-state index contributed by atoms with van der Waals surface area (Å²) in [6.07, 6.45) is 5.00. The van der Waals surface area contributed by atoms with Crippen molar-refractivity contribution in [3.05, 3.63) is 29.8 Å². The van der Waals surface area contributed by atoms with Crippen LogP contribution in [0.1, 0.15) is 31.2 Å². The van der Waals surface area contributed by atoms with Crippen molar-refractivity contribution in [3.8, 4) is 0 Å². The second-order valence-corrected chi connectivity index (χ2v) is 5.88. The number of aliphatic carboxylic acids is 1. The molecule has 0 atom stereocenters. The van der Waals surface area contributed by atoms with Gasteiger partial charge < -0.3 is 10.0 Å². The van der Waals surface area contributed by atoms with Gasteiger partial charge in [-0.25, -0.2) is 0 Å². The zero-order valence-corrected chi connectivity index (χ0v) is 11.2. The molecule has 0 amide bonds. The standard InChI is InChI=1S/C16H21NO2/c18-16(19)14-7-5-12(6-8-14)11-17-10-9-13-3-1-2-4-15(13)17/h1-4,12,14H,5-11H2,(H,18,19). The molecule has 1 aromatic carbocycles. The van der Waals surface area contributed by atoms with Crippen LogP contribution in [0, 0.1) is 11.8 Å². The molecule has 3 nitrogen and oxygen atoms in total. The van der Waals surface area contributed by atoms with E-state index in [0.717, 1.165) is 45.2 Å². The van der Waals surface area contributed by atoms with E-state index >= 15 is 0 Å². The predicted molar refractivity (Wildman–Crippen MR) is 75.4 cm³/mol. The average Bonchev–Trinajstić information content (AvgIpc) is 2.83. The summed E-state index contributed by atoms with van der Waals surface area (Å²) in [5.74, 6) is -0.0335. The Kier molecular flexibility index (Phi) is 3.45. The van der Waals surface area contributed by atoms with Crippen molar-refractivity contribution in [1.82, 2.24) is 0 Å². The second-order valence-electron chi connectivity index (χ2n) is 5.88. The summed E-state index contributed by atoms with van der Waals surface area (Å²) in [5, 5.41) is 9.03. The molecule has 2 aliphatic rings. The molecule has 1 N–H and O–H groups in total. The Balaban J connectivity index is 1.58. The number of fused-ring (bicyclic) bond motifs is 1. The Labute approximate surface area is 114 Å². The van der Waals surface area contributed by atoms with Gasteiger partial charge in [0, 0.05) is 18.8 Å². The number of hydrogen-bond acceptors (Lipinski definition) is 2. The van der Waals surface area contributed by atoms with Crippen molar-refractivity contribution in [2.75, 3.05) is 18.0 Å². The molecule has 0 unspecified atom stereocenters. The summed E-state index contributed by atoms with van der Waals surface area (Å²) < 4.78 is 0. The SMILES string of the molecule is O=C(O)C1CCC(CN2CCc3ccccc32)CC1. The highest BCUT2D eigenvalue weighted by Crippen LogP contribution is 2.33. The number of carboxylic acids is 1. The van der Waals surface area contributed by atoms with E-state index in [2.05, 4.69) is 29.2 Å². The lowest BCUT2D eigenvalue weighted by molar-refractivity contribution is -0.143. The molecule has 0 aromatic heterocycles. The molecular formula is C16H21NO2. The Hall–Kier alpha value is -1.51. The molecule has 0 spiro atoms. The highest BCUT2D eigenvalue weighted by atomic mass is 16.4. The third-order valence-electron chi connectivity index (χ3n) is 4.66. The highest BCUT2D eigenvalue weighted by Gasteiger charge is 2.28. The number of carbonyl (C=O) groups is 1. The minimum atomic E-state index is -0.607. The van der Waals surface area contributed by atoms with Crippen LogP contribution in [-0.2, 0) is 11.2 Å². The van der Waals surface area contributed by atoms with Crippen LogP contribution in [0.4, 0.5) is 5.69 Å². The number of benzene rings is 1. The van der Waals surface area contributed by atoms with Gasteiger partial charge in [0.1, 0.15) is 0 Å². The van der Waals surface area contributed by atoms with Gasteiger partial charge in [0.25, 0.3) is 0 Å². The average molecular weight is 259 g/mol. The van der Waals surface area contributed by atoms with Gasteiger partial charge in [-0.2, -0.15) is 0 Å². The molecule has 1 saturated carbocycles. The normalized spacial score (nSPS) is 26.2. The monoisotopic (exact) mass is 259 g/mol. The van der Waals surface area contributed by atoms with Crippen LogP contribution >= 0.6 is 0 Å². The Morgan fingerprint density at radius 1 is 1.21 bits per heavy atom. The maximum atomic E-state index is 11.0. The van der Waals surface area contributed by atoms with Crippen LogP contribution < -0.4 is 4.90 Å². The van der Waals surface area contributed by atoms with Gasteiger partial charge in [-0.15, -0.1) is 0 Å². The van der Waals surface area contributed by atoms with Crippen LogP contribution in [-0.4, -0.2) is 24.2 Å². The molecular weight excluding hydrogens is 238 g/mol. The Morgan fingerprint density at radius 2 is 1.95 bits per heavy atom. The maximum Gasteiger partial charge on any atom is 0.306 e. The summed E-state index contributed by atoms with van der Waals surface area (Å²) in [6, 6.07) is 8.65. The van der Waals surface area contributed by atoms with Gasteiger partial charge in [0.05, 0.1) is 5.92 Å². The molecule has 1 aliphatic carbocycles. The van der Waals surface area contributed by atoms with Crippen molar-refractivity contribution >= 4 is 11.7 Å². The van der Waals surface area contributed by atoms with Crippen LogP contribution in [0.5, 0.6) is 0 Å². The first-order valence-corrected chi connectivity index (χ1v) is 7.29. The number of anilines is 1. The van der Waals surface area contributed by atoms with Crippen molar-refractivity contribution in [2.45, 2.75) is 32.1 Å². The molecule has 0 bridgehead atoms. The van der Waals surface area contributed by atoms with Crippen molar-refractivity contribution in [1.29, 1.82) is 0 Å². The topological polar surface area (TPSA) is 40.5 Å². The Morgan fingerprint density at radius 3 is 2.68 bits per heavy atom. The first-order chi connectivity index (χ1) is 9.24. The number of nitrogens with zero attached hydrogens (tertiary/aromatic N) is 1.